The lowest BCUT2D eigenvalue weighted by Gasteiger charge is -2.10. The zero-order valence-corrected chi connectivity index (χ0v) is 9.88. The molecule has 0 spiro atoms. The highest BCUT2D eigenvalue weighted by molar-refractivity contribution is 6.29. The van der Waals surface area contributed by atoms with E-state index in [1.54, 1.807) is 12.1 Å². The van der Waals surface area contributed by atoms with Crippen LogP contribution in [0.4, 0.5) is 11.5 Å². The van der Waals surface area contributed by atoms with Crippen molar-refractivity contribution in [3.63, 3.8) is 0 Å². The van der Waals surface area contributed by atoms with Gasteiger partial charge in [-0.2, -0.15) is 0 Å². The van der Waals surface area contributed by atoms with Gasteiger partial charge in [-0.25, -0.2) is 4.98 Å². The molecule has 0 atom stereocenters. The molecule has 1 aromatic heterocycles. The molecule has 0 bridgehead atoms. The zero-order valence-electron chi connectivity index (χ0n) is 9.13. The molecule has 0 amide bonds. The number of halogens is 1. The molecule has 0 fully saturated rings. The van der Waals surface area contributed by atoms with Crippen molar-refractivity contribution in [2.75, 3.05) is 38.2 Å². The van der Waals surface area contributed by atoms with Crippen molar-refractivity contribution >= 4 is 23.1 Å². The van der Waals surface area contributed by atoms with Crippen LogP contribution in [-0.2, 0) is 0 Å². The predicted octanol–water partition coefficient (Wildman–Crippen LogP) is 1.68. The third-order valence-corrected chi connectivity index (χ3v) is 2.10. The van der Waals surface area contributed by atoms with E-state index >= 15 is 0 Å². The van der Waals surface area contributed by atoms with E-state index in [4.69, 9.17) is 17.3 Å². The molecule has 0 saturated carbocycles. The largest absolute Gasteiger partial charge is 0.399 e. The van der Waals surface area contributed by atoms with Gasteiger partial charge in [-0.3, -0.25) is 0 Å². The summed E-state index contributed by atoms with van der Waals surface area (Å²) >= 11 is 5.77. The van der Waals surface area contributed by atoms with Crippen molar-refractivity contribution in [3.05, 3.63) is 17.3 Å². The Morgan fingerprint density at radius 1 is 1.47 bits per heavy atom. The van der Waals surface area contributed by atoms with Crippen molar-refractivity contribution in [1.82, 2.24) is 9.88 Å². The molecular weight excluding hydrogens is 212 g/mol. The van der Waals surface area contributed by atoms with E-state index in [-0.39, 0.29) is 0 Å². The summed E-state index contributed by atoms with van der Waals surface area (Å²) < 4.78 is 0. The van der Waals surface area contributed by atoms with Crippen molar-refractivity contribution in [3.8, 4) is 0 Å². The van der Waals surface area contributed by atoms with Gasteiger partial charge in [0.25, 0.3) is 0 Å². The first-order valence-corrected chi connectivity index (χ1v) is 5.27. The summed E-state index contributed by atoms with van der Waals surface area (Å²) in [5, 5.41) is 3.60. The van der Waals surface area contributed by atoms with Crippen molar-refractivity contribution < 1.29 is 0 Å². The van der Waals surface area contributed by atoms with Crippen LogP contribution in [-0.4, -0.2) is 37.1 Å². The molecule has 3 N–H and O–H groups in total. The van der Waals surface area contributed by atoms with E-state index in [1.807, 2.05) is 0 Å². The quantitative estimate of drug-likeness (QED) is 0.595. The fraction of sp³-hybridized carbons (Fsp3) is 0.500. The van der Waals surface area contributed by atoms with Crippen LogP contribution in [0.25, 0.3) is 0 Å². The average Bonchev–Trinajstić information content (AvgIpc) is 2.10. The standard InChI is InChI=1S/C10H17ClN4/c1-15(2)5-3-4-13-10-7-8(12)6-9(11)14-10/h6-7H,3-5H2,1-2H3,(H3,12,13,14). The van der Waals surface area contributed by atoms with Crippen LogP contribution in [0.5, 0.6) is 0 Å². The highest BCUT2D eigenvalue weighted by Gasteiger charge is 1.98. The first-order valence-electron chi connectivity index (χ1n) is 4.89. The predicted molar refractivity (Wildman–Crippen MR) is 65.3 cm³/mol. The second kappa shape index (κ2) is 5.78. The van der Waals surface area contributed by atoms with Gasteiger partial charge in [0.2, 0.25) is 0 Å². The lowest BCUT2D eigenvalue weighted by atomic mass is 10.3. The fourth-order valence-electron chi connectivity index (χ4n) is 1.22. The molecule has 0 saturated heterocycles. The minimum Gasteiger partial charge on any atom is -0.399 e. The van der Waals surface area contributed by atoms with Crippen molar-refractivity contribution in [2.24, 2.45) is 0 Å². The summed E-state index contributed by atoms with van der Waals surface area (Å²) in [6, 6.07) is 3.41. The number of hydrogen-bond acceptors (Lipinski definition) is 4. The number of pyridine rings is 1. The van der Waals surface area contributed by atoms with Crippen LogP contribution in [0, 0.1) is 0 Å². The van der Waals surface area contributed by atoms with Gasteiger partial charge in [0, 0.05) is 18.3 Å². The molecule has 84 valence electrons. The SMILES string of the molecule is CN(C)CCCNc1cc(N)cc(Cl)n1. The van der Waals surface area contributed by atoms with E-state index in [2.05, 4.69) is 29.3 Å². The molecule has 1 aromatic rings. The first kappa shape index (κ1) is 12.1. The first-order chi connectivity index (χ1) is 7.08. The van der Waals surface area contributed by atoms with E-state index in [9.17, 15) is 0 Å². The van der Waals surface area contributed by atoms with Gasteiger partial charge in [0.1, 0.15) is 11.0 Å². The average molecular weight is 229 g/mol. The normalized spacial score (nSPS) is 10.7. The van der Waals surface area contributed by atoms with E-state index in [0.29, 0.717) is 10.8 Å². The van der Waals surface area contributed by atoms with E-state index in [0.717, 1.165) is 25.3 Å². The molecule has 5 heteroatoms. The van der Waals surface area contributed by atoms with Gasteiger partial charge in [-0.1, -0.05) is 11.6 Å². The molecule has 0 radical (unpaired) electrons. The molecule has 0 unspecified atom stereocenters. The lowest BCUT2D eigenvalue weighted by Crippen LogP contribution is -2.16. The third-order valence-electron chi connectivity index (χ3n) is 1.90. The maximum absolute atomic E-state index is 5.77. The smallest absolute Gasteiger partial charge is 0.133 e. The maximum Gasteiger partial charge on any atom is 0.133 e. The lowest BCUT2D eigenvalue weighted by molar-refractivity contribution is 0.405. The Labute approximate surface area is 95.4 Å². The van der Waals surface area contributed by atoms with Gasteiger partial charge >= 0.3 is 0 Å². The molecule has 15 heavy (non-hydrogen) atoms. The van der Waals surface area contributed by atoms with Crippen molar-refractivity contribution in [1.29, 1.82) is 0 Å². The van der Waals surface area contributed by atoms with Gasteiger partial charge in [-0.15, -0.1) is 0 Å². The highest BCUT2D eigenvalue weighted by Crippen LogP contribution is 2.15. The number of anilines is 2. The van der Waals surface area contributed by atoms with Gasteiger partial charge in [0.05, 0.1) is 0 Å². The Kier molecular flexibility index (Phi) is 4.65. The minimum absolute atomic E-state index is 0.421. The van der Waals surface area contributed by atoms with Crippen LogP contribution in [0.2, 0.25) is 5.15 Å². The second-order valence-corrected chi connectivity index (χ2v) is 4.08. The summed E-state index contributed by atoms with van der Waals surface area (Å²) in [5.74, 6) is 0.735. The number of nitrogens with two attached hydrogens (primary N) is 1. The number of nitrogen functional groups attached to an aromatic ring is 1. The molecule has 1 rings (SSSR count). The molecule has 0 aliphatic heterocycles. The monoisotopic (exact) mass is 228 g/mol. The number of nitrogens with one attached hydrogen (secondary N) is 1. The molecule has 1 heterocycles. The van der Waals surface area contributed by atoms with Crippen molar-refractivity contribution in [2.45, 2.75) is 6.42 Å². The Bertz CT molecular complexity index is 294. The summed E-state index contributed by atoms with van der Waals surface area (Å²) in [4.78, 5) is 6.25. The van der Waals surface area contributed by atoms with E-state index in [1.165, 1.54) is 0 Å². The van der Waals surface area contributed by atoms with Gasteiger partial charge in [0.15, 0.2) is 0 Å². The number of nitrogens with zero attached hydrogens (tertiary/aromatic N) is 2. The van der Waals surface area contributed by atoms with Crippen LogP contribution < -0.4 is 11.1 Å². The topological polar surface area (TPSA) is 54.2 Å². The number of aromatic nitrogens is 1. The Balaban J connectivity index is 2.37. The summed E-state index contributed by atoms with van der Waals surface area (Å²) in [5.41, 5.74) is 6.27. The van der Waals surface area contributed by atoms with Crippen LogP contribution in [0.15, 0.2) is 12.1 Å². The summed E-state index contributed by atoms with van der Waals surface area (Å²) in [7, 11) is 4.10. The van der Waals surface area contributed by atoms with Gasteiger partial charge in [-0.05, 0) is 33.1 Å². The second-order valence-electron chi connectivity index (χ2n) is 3.69. The molecule has 0 aliphatic rings. The molecular formula is C10H17ClN4. The molecule has 0 aromatic carbocycles. The number of hydrogen-bond donors (Lipinski definition) is 2. The molecule has 0 aliphatic carbocycles. The van der Waals surface area contributed by atoms with Crippen LogP contribution in [0.3, 0.4) is 0 Å². The maximum atomic E-state index is 5.77. The third kappa shape index (κ3) is 4.85. The zero-order chi connectivity index (χ0) is 11.3. The van der Waals surface area contributed by atoms with Crippen LogP contribution in [0.1, 0.15) is 6.42 Å². The highest BCUT2D eigenvalue weighted by atomic mass is 35.5. The fourth-order valence-corrected chi connectivity index (χ4v) is 1.44. The summed E-state index contributed by atoms with van der Waals surface area (Å²) in [6.45, 7) is 1.91. The van der Waals surface area contributed by atoms with E-state index < -0.39 is 0 Å². The van der Waals surface area contributed by atoms with Crippen LogP contribution >= 0.6 is 11.6 Å². The molecule has 4 nitrogen and oxygen atoms in total. The Morgan fingerprint density at radius 3 is 2.80 bits per heavy atom. The Morgan fingerprint density at radius 2 is 2.20 bits per heavy atom. The number of rotatable bonds is 5. The minimum atomic E-state index is 0.421. The van der Waals surface area contributed by atoms with Gasteiger partial charge < -0.3 is 16.0 Å². The Hall–Kier alpha value is -1.00. The summed E-state index contributed by atoms with van der Waals surface area (Å²) in [6.07, 6.45) is 1.06.